The van der Waals surface area contributed by atoms with Crippen molar-refractivity contribution in [2.24, 2.45) is 22.7 Å². The molecule has 2 atom stereocenters. The first-order chi connectivity index (χ1) is 14.7. The van der Waals surface area contributed by atoms with Crippen LogP contribution in [0.15, 0.2) is 0 Å². The van der Waals surface area contributed by atoms with Crippen molar-refractivity contribution in [2.45, 2.75) is 171 Å². The second-order valence-electron chi connectivity index (χ2n) is 12.1. The summed E-state index contributed by atoms with van der Waals surface area (Å²) in [6.45, 7) is 22.1. The largest absolute Gasteiger partial charge is 0.0654 e. The topological polar surface area (TPSA) is 0 Å². The lowest BCUT2D eigenvalue weighted by atomic mass is 9.53. The maximum Gasteiger partial charge on any atom is -0.0190 e. The molecule has 0 aromatic rings. The van der Waals surface area contributed by atoms with Gasteiger partial charge in [0.15, 0.2) is 0 Å². The van der Waals surface area contributed by atoms with Crippen molar-refractivity contribution in [3.63, 3.8) is 0 Å². The number of hydrogen-bond acceptors (Lipinski definition) is 0. The highest BCUT2D eigenvalue weighted by Gasteiger charge is 2.46. The first kappa shape index (κ1) is 31.0. The van der Waals surface area contributed by atoms with Gasteiger partial charge in [-0.05, 0) is 47.8 Å². The van der Waals surface area contributed by atoms with Crippen LogP contribution in [0.4, 0.5) is 0 Å². The van der Waals surface area contributed by atoms with E-state index in [0.29, 0.717) is 10.8 Å². The molecule has 31 heavy (non-hydrogen) atoms. The molecular weight excluding hydrogens is 372 g/mol. The van der Waals surface area contributed by atoms with Crippen LogP contribution in [0.25, 0.3) is 0 Å². The molecule has 0 spiro atoms. The zero-order valence-electron chi connectivity index (χ0n) is 23.7. The molecule has 0 bridgehead atoms. The average Bonchev–Trinajstić information content (AvgIpc) is 2.71. The minimum atomic E-state index is 0.404. The Balaban J connectivity index is 5.30. The van der Waals surface area contributed by atoms with Gasteiger partial charge < -0.3 is 0 Å². The Morgan fingerprint density at radius 1 is 0.645 bits per heavy atom. The van der Waals surface area contributed by atoms with E-state index in [1.54, 1.807) is 5.92 Å². The second-order valence-corrected chi connectivity index (χ2v) is 12.1. The smallest absolute Gasteiger partial charge is 0.0190 e. The summed E-state index contributed by atoms with van der Waals surface area (Å²) in [5.41, 5.74) is 0.830. The highest BCUT2D eigenvalue weighted by molar-refractivity contribution is 5.08. The Morgan fingerprint density at radius 2 is 1.16 bits per heavy atom. The first-order valence-corrected chi connectivity index (χ1v) is 14.5. The Labute approximate surface area is 200 Å². The van der Waals surface area contributed by atoms with E-state index in [-0.39, 0.29) is 0 Å². The Morgan fingerprint density at radius 3 is 1.65 bits per heavy atom. The number of rotatable bonds is 21. The van der Waals surface area contributed by atoms with E-state index in [9.17, 15) is 0 Å². The molecule has 0 aliphatic rings. The van der Waals surface area contributed by atoms with Gasteiger partial charge in [0, 0.05) is 0 Å². The normalized spacial score (nSPS) is 15.6. The van der Waals surface area contributed by atoms with Crippen LogP contribution < -0.4 is 0 Å². The van der Waals surface area contributed by atoms with Gasteiger partial charge in [0.25, 0.3) is 0 Å². The lowest BCUT2D eigenvalue weighted by Gasteiger charge is -2.52. The zero-order valence-corrected chi connectivity index (χ0v) is 23.7. The van der Waals surface area contributed by atoms with Crippen LogP contribution >= 0.6 is 0 Å². The van der Waals surface area contributed by atoms with Crippen LogP contribution in [0.3, 0.4) is 0 Å². The molecule has 0 fully saturated rings. The molecule has 0 saturated carbocycles. The summed E-state index contributed by atoms with van der Waals surface area (Å²) in [4.78, 5) is 0. The molecule has 0 aliphatic heterocycles. The van der Waals surface area contributed by atoms with Crippen LogP contribution in [0.1, 0.15) is 171 Å². The molecule has 1 radical (unpaired) electrons. The number of hydrogen-bond donors (Lipinski definition) is 0. The second kappa shape index (κ2) is 17.5. The van der Waals surface area contributed by atoms with E-state index in [2.05, 4.69) is 62.3 Å². The molecule has 0 aromatic heterocycles. The molecule has 2 unspecified atom stereocenters. The van der Waals surface area contributed by atoms with Gasteiger partial charge in [0.2, 0.25) is 0 Å². The maximum absolute atomic E-state index is 2.64. The van der Waals surface area contributed by atoms with Gasteiger partial charge in [0.05, 0.1) is 0 Å². The molecule has 0 aromatic carbocycles. The highest BCUT2D eigenvalue weighted by atomic mass is 14.5. The van der Waals surface area contributed by atoms with Crippen LogP contribution in [0, 0.1) is 28.6 Å². The van der Waals surface area contributed by atoms with Crippen LogP contribution in [0.2, 0.25) is 0 Å². The monoisotopic (exact) mass is 435 g/mol. The van der Waals surface area contributed by atoms with E-state index in [1.165, 1.54) is 109 Å². The SMILES string of the molecule is CCCCCCCCC(CCCCCC(C)C)([C](C)C)C(C)(C)CC(CC)CCCC. The van der Waals surface area contributed by atoms with E-state index in [0.717, 1.165) is 11.8 Å². The van der Waals surface area contributed by atoms with Gasteiger partial charge in [-0.2, -0.15) is 0 Å². The molecule has 0 N–H and O–H groups in total. The first-order valence-electron chi connectivity index (χ1n) is 14.5. The van der Waals surface area contributed by atoms with Gasteiger partial charge in [-0.25, -0.2) is 0 Å². The molecule has 0 rings (SSSR count). The zero-order chi connectivity index (χ0) is 23.8. The molecule has 0 aliphatic carbocycles. The third-order valence-corrected chi connectivity index (χ3v) is 8.44. The third-order valence-electron chi connectivity index (χ3n) is 8.44. The summed E-state index contributed by atoms with van der Waals surface area (Å²) in [6.07, 6.45) is 24.0. The molecule has 0 nitrogen and oxygen atoms in total. The van der Waals surface area contributed by atoms with Crippen molar-refractivity contribution in [2.75, 3.05) is 0 Å². The Hall–Kier alpha value is 0. The van der Waals surface area contributed by atoms with Crippen molar-refractivity contribution in [3.8, 4) is 0 Å². The minimum absolute atomic E-state index is 0.404. The fraction of sp³-hybridized carbons (Fsp3) is 0.968. The molecule has 187 valence electrons. The summed E-state index contributed by atoms with van der Waals surface area (Å²) in [5.74, 6) is 3.48. The summed E-state index contributed by atoms with van der Waals surface area (Å²) in [7, 11) is 0. The highest BCUT2D eigenvalue weighted by Crippen LogP contribution is 2.56. The van der Waals surface area contributed by atoms with Gasteiger partial charge in [-0.1, -0.05) is 152 Å². The molecule has 0 heterocycles. The lowest BCUT2D eigenvalue weighted by Crippen LogP contribution is -2.42. The van der Waals surface area contributed by atoms with E-state index >= 15 is 0 Å². The van der Waals surface area contributed by atoms with Crippen LogP contribution in [0.5, 0.6) is 0 Å². The van der Waals surface area contributed by atoms with Gasteiger partial charge in [0.1, 0.15) is 0 Å². The Kier molecular flexibility index (Phi) is 17.5. The van der Waals surface area contributed by atoms with Gasteiger partial charge in [-0.3, -0.25) is 0 Å². The molecule has 0 saturated heterocycles. The predicted octanol–water partition coefficient (Wildman–Crippen LogP) is 11.6. The maximum atomic E-state index is 2.64. The van der Waals surface area contributed by atoms with Gasteiger partial charge >= 0.3 is 0 Å². The van der Waals surface area contributed by atoms with Gasteiger partial charge in [-0.15, -0.1) is 0 Å². The quantitative estimate of drug-likeness (QED) is 0.157. The van der Waals surface area contributed by atoms with Crippen molar-refractivity contribution in [1.82, 2.24) is 0 Å². The fourth-order valence-corrected chi connectivity index (χ4v) is 6.20. The summed E-state index contributed by atoms with van der Waals surface area (Å²) < 4.78 is 0. The van der Waals surface area contributed by atoms with Crippen molar-refractivity contribution < 1.29 is 0 Å². The fourth-order valence-electron chi connectivity index (χ4n) is 6.20. The van der Waals surface area contributed by atoms with E-state index < -0.39 is 0 Å². The summed E-state index contributed by atoms with van der Waals surface area (Å²) in [5, 5.41) is 0. The number of unbranched alkanes of at least 4 members (excludes halogenated alkanes) is 8. The predicted molar refractivity (Wildman–Crippen MR) is 145 cm³/mol. The van der Waals surface area contributed by atoms with E-state index in [1.807, 2.05) is 0 Å². The summed E-state index contributed by atoms with van der Waals surface area (Å²) in [6, 6.07) is 0. The Bertz CT molecular complexity index is 391. The minimum Gasteiger partial charge on any atom is -0.0654 e. The third kappa shape index (κ3) is 12.1. The van der Waals surface area contributed by atoms with Crippen molar-refractivity contribution >= 4 is 0 Å². The van der Waals surface area contributed by atoms with Crippen molar-refractivity contribution in [1.29, 1.82) is 0 Å². The summed E-state index contributed by atoms with van der Waals surface area (Å²) >= 11 is 0. The van der Waals surface area contributed by atoms with Crippen molar-refractivity contribution in [3.05, 3.63) is 5.92 Å². The standard InChI is InChI=1S/C31H63/c1-10-13-15-16-17-20-24-31(28(6)7,25-21-18-19-22-27(4)5)30(8,9)26-29(12-3)23-14-11-2/h27,29H,10-26H2,1-9H3. The molecular formula is C31H63. The van der Waals surface area contributed by atoms with Crippen LogP contribution in [-0.2, 0) is 0 Å². The average molecular weight is 436 g/mol. The molecule has 0 heteroatoms. The lowest BCUT2D eigenvalue weighted by molar-refractivity contribution is 0.0303. The van der Waals surface area contributed by atoms with Crippen LogP contribution in [-0.4, -0.2) is 0 Å². The van der Waals surface area contributed by atoms with E-state index in [4.69, 9.17) is 0 Å². The molecule has 0 amide bonds.